The predicted octanol–water partition coefficient (Wildman–Crippen LogP) is 4.26. The van der Waals surface area contributed by atoms with Gasteiger partial charge in [-0.2, -0.15) is 0 Å². The zero-order chi connectivity index (χ0) is 12.4. The molecule has 3 aromatic rings. The van der Waals surface area contributed by atoms with E-state index in [0.29, 0.717) is 5.71 Å². The summed E-state index contributed by atoms with van der Waals surface area (Å²) in [5, 5.41) is 10.7. The largest absolute Gasteiger partial charge is 0.300 e. The van der Waals surface area contributed by atoms with Crippen LogP contribution in [0.15, 0.2) is 72.8 Å². The maximum atomic E-state index is 8.35. The third kappa shape index (κ3) is 1.80. The van der Waals surface area contributed by atoms with Crippen LogP contribution >= 0.6 is 0 Å². The van der Waals surface area contributed by atoms with Gasteiger partial charge in [-0.1, -0.05) is 72.8 Å². The Balaban J connectivity index is 2.18. The molecule has 0 heterocycles. The zero-order valence-corrected chi connectivity index (χ0v) is 9.93. The molecule has 0 aromatic heterocycles. The molecule has 0 atom stereocenters. The summed E-state index contributed by atoms with van der Waals surface area (Å²) in [6, 6.07) is 24.2. The Labute approximate surface area is 106 Å². The van der Waals surface area contributed by atoms with Gasteiger partial charge in [-0.3, -0.25) is 5.41 Å². The van der Waals surface area contributed by atoms with E-state index in [4.69, 9.17) is 5.41 Å². The first-order valence-electron chi connectivity index (χ1n) is 5.98. The van der Waals surface area contributed by atoms with Gasteiger partial charge in [0.15, 0.2) is 0 Å². The average molecular weight is 231 g/mol. The summed E-state index contributed by atoms with van der Waals surface area (Å²) < 4.78 is 0. The van der Waals surface area contributed by atoms with Gasteiger partial charge >= 0.3 is 0 Å². The van der Waals surface area contributed by atoms with Crippen LogP contribution in [0.5, 0.6) is 0 Å². The standard InChI is InChI=1S/C17H13N/c18-17(14-8-2-1-3-9-14)16-12-6-10-13-7-4-5-11-15(13)16/h1-12,18H. The van der Waals surface area contributed by atoms with Crippen molar-refractivity contribution in [3.63, 3.8) is 0 Å². The lowest BCUT2D eigenvalue weighted by atomic mass is 9.97. The van der Waals surface area contributed by atoms with Crippen molar-refractivity contribution in [1.29, 1.82) is 5.41 Å². The fourth-order valence-corrected chi connectivity index (χ4v) is 2.20. The van der Waals surface area contributed by atoms with Gasteiger partial charge in [0.05, 0.1) is 5.71 Å². The SMILES string of the molecule is N=C(c1ccccc1)c1cccc2ccccc12. The van der Waals surface area contributed by atoms with Crippen LogP contribution in [-0.4, -0.2) is 5.71 Å². The molecule has 0 amide bonds. The van der Waals surface area contributed by atoms with Crippen molar-refractivity contribution in [3.05, 3.63) is 83.9 Å². The molecule has 0 aliphatic carbocycles. The minimum Gasteiger partial charge on any atom is -0.300 e. The summed E-state index contributed by atoms with van der Waals surface area (Å²) in [6.45, 7) is 0. The molecule has 86 valence electrons. The van der Waals surface area contributed by atoms with E-state index in [9.17, 15) is 0 Å². The van der Waals surface area contributed by atoms with E-state index in [1.807, 2.05) is 54.6 Å². The van der Waals surface area contributed by atoms with Crippen molar-refractivity contribution in [2.24, 2.45) is 0 Å². The van der Waals surface area contributed by atoms with Crippen LogP contribution in [0.1, 0.15) is 11.1 Å². The normalized spacial score (nSPS) is 10.4. The summed E-state index contributed by atoms with van der Waals surface area (Å²) in [7, 11) is 0. The van der Waals surface area contributed by atoms with E-state index in [2.05, 4.69) is 18.2 Å². The Hall–Kier alpha value is -2.41. The second kappa shape index (κ2) is 4.46. The molecule has 0 radical (unpaired) electrons. The monoisotopic (exact) mass is 231 g/mol. The molecule has 0 saturated carbocycles. The lowest BCUT2D eigenvalue weighted by Gasteiger charge is -2.08. The highest BCUT2D eigenvalue weighted by Crippen LogP contribution is 2.21. The molecule has 1 heteroatoms. The van der Waals surface area contributed by atoms with Crippen LogP contribution in [0.3, 0.4) is 0 Å². The Kier molecular flexibility index (Phi) is 2.66. The third-order valence-electron chi connectivity index (χ3n) is 3.12. The van der Waals surface area contributed by atoms with Crippen LogP contribution in [0.2, 0.25) is 0 Å². The third-order valence-corrected chi connectivity index (χ3v) is 3.12. The number of hydrogen-bond acceptors (Lipinski definition) is 1. The minimum atomic E-state index is 0.576. The summed E-state index contributed by atoms with van der Waals surface area (Å²) in [5.74, 6) is 0. The molecule has 0 bridgehead atoms. The summed E-state index contributed by atoms with van der Waals surface area (Å²) in [4.78, 5) is 0. The van der Waals surface area contributed by atoms with Gasteiger partial charge in [-0.25, -0.2) is 0 Å². The topological polar surface area (TPSA) is 23.9 Å². The van der Waals surface area contributed by atoms with Crippen LogP contribution in [0.4, 0.5) is 0 Å². The molecule has 18 heavy (non-hydrogen) atoms. The minimum absolute atomic E-state index is 0.576. The van der Waals surface area contributed by atoms with Gasteiger partial charge in [0, 0.05) is 11.1 Å². The summed E-state index contributed by atoms with van der Waals surface area (Å²) in [5.41, 5.74) is 2.51. The number of hydrogen-bond donors (Lipinski definition) is 1. The molecule has 0 unspecified atom stereocenters. The lowest BCUT2D eigenvalue weighted by molar-refractivity contribution is 1.47. The van der Waals surface area contributed by atoms with Crippen molar-refractivity contribution in [2.75, 3.05) is 0 Å². The molecule has 1 N–H and O–H groups in total. The molecule has 0 fully saturated rings. The Morgan fingerprint density at radius 1 is 0.667 bits per heavy atom. The van der Waals surface area contributed by atoms with Gasteiger partial charge in [0.2, 0.25) is 0 Å². The number of nitrogens with one attached hydrogen (secondary N) is 1. The first-order valence-corrected chi connectivity index (χ1v) is 5.98. The van der Waals surface area contributed by atoms with Gasteiger partial charge < -0.3 is 0 Å². The van der Waals surface area contributed by atoms with Crippen LogP contribution in [-0.2, 0) is 0 Å². The number of fused-ring (bicyclic) bond motifs is 1. The second-order valence-corrected chi connectivity index (χ2v) is 4.27. The van der Waals surface area contributed by atoms with Gasteiger partial charge in [-0.05, 0) is 10.8 Å². The van der Waals surface area contributed by atoms with E-state index >= 15 is 0 Å². The molecule has 1 nitrogen and oxygen atoms in total. The predicted molar refractivity (Wildman–Crippen MR) is 76.3 cm³/mol. The molecule has 0 aliphatic rings. The zero-order valence-electron chi connectivity index (χ0n) is 9.93. The summed E-state index contributed by atoms with van der Waals surface area (Å²) >= 11 is 0. The van der Waals surface area contributed by atoms with Crippen molar-refractivity contribution < 1.29 is 0 Å². The Morgan fingerprint density at radius 2 is 1.33 bits per heavy atom. The van der Waals surface area contributed by atoms with E-state index in [1.54, 1.807) is 0 Å². The average Bonchev–Trinajstić information content (AvgIpc) is 2.47. The van der Waals surface area contributed by atoms with Crippen LogP contribution < -0.4 is 0 Å². The smallest absolute Gasteiger partial charge is 0.0690 e. The molecule has 3 rings (SSSR count). The summed E-state index contributed by atoms with van der Waals surface area (Å²) in [6.07, 6.45) is 0. The molecular weight excluding hydrogens is 218 g/mol. The second-order valence-electron chi connectivity index (χ2n) is 4.27. The van der Waals surface area contributed by atoms with E-state index in [-0.39, 0.29) is 0 Å². The molecule has 3 aromatic carbocycles. The Bertz CT molecular complexity index is 694. The van der Waals surface area contributed by atoms with Crippen LogP contribution in [0.25, 0.3) is 10.8 Å². The van der Waals surface area contributed by atoms with E-state index in [0.717, 1.165) is 16.5 Å². The fraction of sp³-hybridized carbons (Fsp3) is 0. The highest BCUT2D eigenvalue weighted by Gasteiger charge is 2.07. The van der Waals surface area contributed by atoms with Gasteiger partial charge in [0.25, 0.3) is 0 Å². The quantitative estimate of drug-likeness (QED) is 0.637. The first kappa shape index (κ1) is 10.7. The molecule has 0 aliphatic heterocycles. The van der Waals surface area contributed by atoms with Crippen molar-refractivity contribution in [1.82, 2.24) is 0 Å². The highest BCUT2D eigenvalue weighted by atomic mass is 14.4. The molecular formula is C17H13N. The molecule has 0 spiro atoms. The number of rotatable bonds is 2. The Morgan fingerprint density at radius 3 is 2.17 bits per heavy atom. The van der Waals surface area contributed by atoms with Crippen molar-refractivity contribution in [3.8, 4) is 0 Å². The maximum absolute atomic E-state index is 8.35. The highest BCUT2D eigenvalue weighted by molar-refractivity contribution is 6.17. The fourth-order valence-electron chi connectivity index (χ4n) is 2.20. The van der Waals surface area contributed by atoms with Gasteiger partial charge in [-0.15, -0.1) is 0 Å². The maximum Gasteiger partial charge on any atom is 0.0690 e. The van der Waals surface area contributed by atoms with E-state index < -0.39 is 0 Å². The first-order chi connectivity index (χ1) is 8.86. The molecule has 0 saturated heterocycles. The van der Waals surface area contributed by atoms with Crippen molar-refractivity contribution in [2.45, 2.75) is 0 Å². The number of benzene rings is 3. The van der Waals surface area contributed by atoms with E-state index in [1.165, 1.54) is 5.39 Å². The van der Waals surface area contributed by atoms with Crippen molar-refractivity contribution >= 4 is 16.5 Å². The van der Waals surface area contributed by atoms with Gasteiger partial charge in [0.1, 0.15) is 0 Å². The lowest BCUT2D eigenvalue weighted by Crippen LogP contribution is -2.01. The van der Waals surface area contributed by atoms with Crippen LogP contribution in [0, 0.1) is 5.41 Å².